The first-order valence-corrected chi connectivity index (χ1v) is 4.77. The number of rotatable bonds is 4. The minimum absolute atomic E-state index is 0.377. The van der Waals surface area contributed by atoms with Crippen molar-refractivity contribution in [1.82, 2.24) is 0 Å². The van der Waals surface area contributed by atoms with Gasteiger partial charge in [0.15, 0.2) is 0 Å². The topological polar surface area (TPSA) is 38.3 Å². The maximum absolute atomic E-state index is 11.4. The molecule has 80 valence electrons. The fourth-order valence-electron chi connectivity index (χ4n) is 1.12. The number of nitrogens with one attached hydrogen (secondary N) is 1. The van der Waals surface area contributed by atoms with Crippen LogP contribution in [0.3, 0.4) is 0 Å². The second-order valence-corrected chi connectivity index (χ2v) is 3.44. The van der Waals surface area contributed by atoms with Gasteiger partial charge in [0.25, 0.3) is 0 Å². The first-order valence-electron chi connectivity index (χ1n) is 4.39. The standard InChI is InChI=1S/C11H12ClNO2/c1-8(12)7-13-10-6-4-3-5-9(10)11(14)15-2/h3-6,13H,1,7H2,2H3. The van der Waals surface area contributed by atoms with Crippen LogP contribution in [0.5, 0.6) is 0 Å². The average molecular weight is 226 g/mol. The van der Waals surface area contributed by atoms with Gasteiger partial charge in [0.1, 0.15) is 0 Å². The van der Waals surface area contributed by atoms with Crippen LogP contribution in [0.4, 0.5) is 5.69 Å². The Labute approximate surface area is 93.7 Å². The maximum atomic E-state index is 11.4. The van der Waals surface area contributed by atoms with Crippen molar-refractivity contribution in [2.45, 2.75) is 0 Å². The summed E-state index contributed by atoms with van der Waals surface area (Å²) < 4.78 is 4.65. The third-order valence-corrected chi connectivity index (χ3v) is 1.94. The Morgan fingerprint density at radius 3 is 2.80 bits per heavy atom. The lowest BCUT2D eigenvalue weighted by Gasteiger charge is -2.09. The third kappa shape index (κ3) is 3.29. The summed E-state index contributed by atoms with van der Waals surface area (Å²) in [4.78, 5) is 11.4. The molecule has 1 aromatic carbocycles. The molecule has 0 saturated heterocycles. The summed E-state index contributed by atoms with van der Waals surface area (Å²) in [5, 5.41) is 3.48. The predicted molar refractivity (Wildman–Crippen MR) is 61.3 cm³/mol. The quantitative estimate of drug-likeness (QED) is 0.801. The van der Waals surface area contributed by atoms with Crippen molar-refractivity contribution in [3.05, 3.63) is 41.4 Å². The van der Waals surface area contributed by atoms with Gasteiger partial charge in [0.2, 0.25) is 0 Å². The van der Waals surface area contributed by atoms with Crippen LogP contribution < -0.4 is 5.32 Å². The number of methoxy groups -OCH3 is 1. The molecule has 0 spiro atoms. The van der Waals surface area contributed by atoms with Gasteiger partial charge in [-0.15, -0.1) is 0 Å². The van der Waals surface area contributed by atoms with Gasteiger partial charge in [0, 0.05) is 10.7 Å². The van der Waals surface area contributed by atoms with E-state index in [0.717, 1.165) is 0 Å². The van der Waals surface area contributed by atoms with E-state index < -0.39 is 0 Å². The molecule has 0 radical (unpaired) electrons. The number of para-hydroxylation sites is 1. The summed E-state index contributed by atoms with van der Waals surface area (Å²) in [6.07, 6.45) is 0. The summed E-state index contributed by atoms with van der Waals surface area (Å²) in [6, 6.07) is 7.07. The van der Waals surface area contributed by atoms with E-state index >= 15 is 0 Å². The molecular weight excluding hydrogens is 214 g/mol. The minimum Gasteiger partial charge on any atom is -0.465 e. The summed E-state index contributed by atoms with van der Waals surface area (Å²) in [5.41, 5.74) is 1.17. The largest absolute Gasteiger partial charge is 0.465 e. The molecule has 0 atom stereocenters. The second-order valence-electron chi connectivity index (χ2n) is 2.91. The average Bonchev–Trinajstić information content (AvgIpc) is 2.25. The lowest BCUT2D eigenvalue weighted by atomic mass is 10.2. The Bertz CT molecular complexity index is 377. The highest BCUT2D eigenvalue weighted by Gasteiger charge is 2.09. The monoisotopic (exact) mass is 225 g/mol. The molecule has 4 heteroatoms. The van der Waals surface area contributed by atoms with E-state index in [2.05, 4.69) is 16.6 Å². The Balaban J connectivity index is 2.86. The molecule has 1 rings (SSSR count). The fourth-order valence-corrected chi connectivity index (χ4v) is 1.18. The molecule has 1 aromatic rings. The van der Waals surface area contributed by atoms with Crippen molar-refractivity contribution in [1.29, 1.82) is 0 Å². The van der Waals surface area contributed by atoms with Crippen molar-refractivity contribution in [2.75, 3.05) is 19.0 Å². The van der Waals surface area contributed by atoms with Crippen LogP contribution in [-0.4, -0.2) is 19.6 Å². The Morgan fingerprint density at radius 2 is 2.20 bits per heavy atom. The normalized spacial score (nSPS) is 9.47. The zero-order chi connectivity index (χ0) is 11.3. The van der Waals surface area contributed by atoms with Crippen molar-refractivity contribution in [3.63, 3.8) is 0 Å². The molecular formula is C11H12ClNO2. The van der Waals surface area contributed by atoms with Gasteiger partial charge in [-0.1, -0.05) is 30.3 Å². The zero-order valence-corrected chi connectivity index (χ0v) is 9.17. The van der Waals surface area contributed by atoms with E-state index in [-0.39, 0.29) is 5.97 Å². The molecule has 0 aromatic heterocycles. The maximum Gasteiger partial charge on any atom is 0.339 e. The van der Waals surface area contributed by atoms with Gasteiger partial charge < -0.3 is 10.1 Å². The molecule has 0 bridgehead atoms. The van der Waals surface area contributed by atoms with Gasteiger partial charge >= 0.3 is 5.97 Å². The summed E-state index contributed by atoms with van der Waals surface area (Å²) in [6.45, 7) is 3.96. The SMILES string of the molecule is C=C(Cl)CNc1ccccc1C(=O)OC. The second kappa shape index (κ2) is 5.41. The molecule has 0 heterocycles. The first-order chi connectivity index (χ1) is 7.15. The third-order valence-electron chi connectivity index (χ3n) is 1.80. The lowest BCUT2D eigenvalue weighted by Crippen LogP contribution is -2.08. The van der Waals surface area contributed by atoms with E-state index in [4.69, 9.17) is 11.6 Å². The van der Waals surface area contributed by atoms with Crippen LogP contribution in [0.2, 0.25) is 0 Å². The summed E-state index contributed by atoms with van der Waals surface area (Å²) in [5.74, 6) is -0.377. The van der Waals surface area contributed by atoms with E-state index in [1.54, 1.807) is 18.2 Å². The van der Waals surface area contributed by atoms with Crippen molar-refractivity contribution in [2.24, 2.45) is 0 Å². The Morgan fingerprint density at radius 1 is 1.53 bits per heavy atom. The molecule has 0 fully saturated rings. The number of ether oxygens (including phenoxy) is 1. The van der Waals surface area contributed by atoms with Crippen LogP contribution >= 0.6 is 11.6 Å². The lowest BCUT2D eigenvalue weighted by molar-refractivity contribution is 0.0602. The summed E-state index contributed by atoms with van der Waals surface area (Å²) >= 11 is 5.62. The van der Waals surface area contributed by atoms with Gasteiger partial charge in [-0.2, -0.15) is 0 Å². The van der Waals surface area contributed by atoms with Crippen LogP contribution in [0.15, 0.2) is 35.9 Å². The fraction of sp³-hybridized carbons (Fsp3) is 0.182. The highest BCUT2D eigenvalue weighted by atomic mass is 35.5. The number of carbonyl (C=O) groups is 1. The van der Waals surface area contributed by atoms with E-state index in [1.807, 2.05) is 6.07 Å². The molecule has 15 heavy (non-hydrogen) atoms. The van der Waals surface area contributed by atoms with Crippen molar-refractivity contribution < 1.29 is 9.53 Å². The number of hydrogen-bond acceptors (Lipinski definition) is 3. The van der Waals surface area contributed by atoms with E-state index in [9.17, 15) is 4.79 Å². The molecule has 0 saturated carbocycles. The van der Waals surface area contributed by atoms with Crippen LogP contribution in [0.1, 0.15) is 10.4 Å². The molecule has 0 unspecified atom stereocenters. The molecule has 1 N–H and O–H groups in total. The van der Waals surface area contributed by atoms with E-state index in [0.29, 0.717) is 22.8 Å². The van der Waals surface area contributed by atoms with Crippen LogP contribution in [0, 0.1) is 0 Å². The smallest absolute Gasteiger partial charge is 0.339 e. The highest BCUT2D eigenvalue weighted by molar-refractivity contribution is 6.29. The van der Waals surface area contributed by atoms with E-state index in [1.165, 1.54) is 7.11 Å². The Kier molecular flexibility index (Phi) is 4.18. The van der Waals surface area contributed by atoms with Crippen molar-refractivity contribution >= 4 is 23.3 Å². The van der Waals surface area contributed by atoms with Gasteiger partial charge in [-0.05, 0) is 12.1 Å². The molecule has 3 nitrogen and oxygen atoms in total. The molecule has 0 amide bonds. The predicted octanol–water partition coefficient (Wildman–Crippen LogP) is 2.64. The molecule has 0 aliphatic rings. The molecule has 0 aliphatic carbocycles. The molecule has 0 aliphatic heterocycles. The zero-order valence-electron chi connectivity index (χ0n) is 8.42. The number of benzene rings is 1. The number of carbonyl (C=O) groups excluding carboxylic acids is 1. The van der Waals surface area contributed by atoms with Crippen LogP contribution in [0.25, 0.3) is 0 Å². The number of esters is 1. The van der Waals surface area contributed by atoms with Crippen LogP contribution in [-0.2, 0) is 4.74 Å². The number of halogens is 1. The number of hydrogen-bond donors (Lipinski definition) is 1. The Hall–Kier alpha value is -1.48. The first kappa shape index (κ1) is 11.6. The summed E-state index contributed by atoms with van der Waals surface area (Å²) in [7, 11) is 1.35. The highest BCUT2D eigenvalue weighted by Crippen LogP contribution is 2.16. The van der Waals surface area contributed by atoms with Gasteiger partial charge in [-0.3, -0.25) is 0 Å². The van der Waals surface area contributed by atoms with Crippen molar-refractivity contribution in [3.8, 4) is 0 Å². The minimum atomic E-state index is -0.377. The van der Waals surface area contributed by atoms with Gasteiger partial charge in [0.05, 0.1) is 19.2 Å². The van der Waals surface area contributed by atoms with Gasteiger partial charge in [-0.25, -0.2) is 4.79 Å². The number of anilines is 1.